The van der Waals surface area contributed by atoms with E-state index in [2.05, 4.69) is 13.8 Å². The van der Waals surface area contributed by atoms with Gasteiger partial charge in [-0.15, -0.1) is 0 Å². The van der Waals surface area contributed by atoms with Crippen molar-refractivity contribution in [1.29, 1.82) is 0 Å². The van der Waals surface area contributed by atoms with Gasteiger partial charge in [-0.2, -0.15) is 0 Å². The van der Waals surface area contributed by atoms with Gasteiger partial charge in [0.2, 0.25) is 5.91 Å². The third-order valence-electron chi connectivity index (χ3n) is 2.82. The van der Waals surface area contributed by atoms with Crippen LogP contribution >= 0.6 is 0 Å². The molecule has 1 fully saturated rings. The SMILES string of the molecule is CCN(C[C@H]1CCOC1)C(=O)CC(C)C. The van der Waals surface area contributed by atoms with Crippen LogP contribution in [-0.2, 0) is 9.53 Å². The van der Waals surface area contributed by atoms with Gasteiger partial charge in [0.05, 0.1) is 6.61 Å². The van der Waals surface area contributed by atoms with Crippen LogP contribution in [0.3, 0.4) is 0 Å². The summed E-state index contributed by atoms with van der Waals surface area (Å²) in [5.41, 5.74) is 0. The lowest BCUT2D eigenvalue weighted by Gasteiger charge is -2.24. The van der Waals surface area contributed by atoms with Crippen molar-refractivity contribution in [2.45, 2.75) is 33.6 Å². The van der Waals surface area contributed by atoms with Gasteiger partial charge in [-0.05, 0) is 19.3 Å². The van der Waals surface area contributed by atoms with E-state index < -0.39 is 0 Å². The zero-order valence-electron chi connectivity index (χ0n) is 10.2. The lowest BCUT2D eigenvalue weighted by atomic mass is 10.1. The molecule has 1 atom stereocenters. The Hall–Kier alpha value is -0.570. The number of rotatable bonds is 5. The highest BCUT2D eigenvalue weighted by atomic mass is 16.5. The first-order valence-electron chi connectivity index (χ1n) is 5.99. The Morgan fingerprint density at radius 3 is 2.73 bits per heavy atom. The highest BCUT2D eigenvalue weighted by Crippen LogP contribution is 2.15. The van der Waals surface area contributed by atoms with Gasteiger partial charge in [0, 0.05) is 32.0 Å². The molecule has 0 radical (unpaired) electrons. The molecule has 0 bridgehead atoms. The summed E-state index contributed by atoms with van der Waals surface area (Å²) >= 11 is 0. The van der Waals surface area contributed by atoms with Crippen molar-refractivity contribution in [2.75, 3.05) is 26.3 Å². The van der Waals surface area contributed by atoms with E-state index in [-0.39, 0.29) is 0 Å². The highest BCUT2D eigenvalue weighted by Gasteiger charge is 2.21. The maximum absolute atomic E-state index is 11.9. The molecule has 0 unspecified atom stereocenters. The first kappa shape index (κ1) is 12.5. The first-order valence-corrected chi connectivity index (χ1v) is 5.99. The number of carbonyl (C=O) groups excluding carboxylic acids is 1. The van der Waals surface area contributed by atoms with E-state index in [0.29, 0.717) is 24.2 Å². The van der Waals surface area contributed by atoms with Crippen LogP contribution in [-0.4, -0.2) is 37.1 Å². The van der Waals surface area contributed by atoms with Gasteiger partial charge in [-0.1, -0.05) is 13.8 Å². The molecule has 0 aromatic rings. The number of hydrogen-bond donors (Lipinski definition) is 0. The average Bonchev–Trinajstić information content (AvgIpc) is 2.65. The second-order valence-electron chi connectivity index (χ2n) is 4.76. The zero-order valence-corrected chi connectivity index (χ0v) is 10.2. The number of nitrogens with zero attached hydrogens (tertiary/aromatic N) is 1. The second-order valence-corrected chi connectivity index (χ2v) is 4.76. The van der Waals surface area contributed by atoms with Crippen molar-refractivity contribution in [3.8, 4) is 0 Å². The number of amides is 1. The average molecular weight is 213 g/mol. The molecule has 0 aromatic heterocycles. The van der Waals surface area contributed by atoms with Crippen LogP contribution < -0.4 is 0 Å². The molecule has 0 spiro atoms. The van der Waals surface area contributed by atoms with E-state index in [9.17, 15) is 4.79 Å². The standard InChI is InChI=1S/C12H23NO2/c1-4-13(12(14)7-10(2)3)8-11-5-6-15-9-11/h10-11H,4-9H2,1-3H3/t11-/m1/s1. The van der Waals surface area contributed by atoms with Gasteiger partial charge < -0.3 is 9.64 Å². The highest BCUT2D eigenvalue weighted by molar-refractivity contribution is 5.76. The first-order chi connectivity index (χ1) is 7.13. The lowest BCUT2D eigenvalue weighted by Crippen LogP contribution is -2.36. The smallest absolute Gasteiger partial charge is 0.222 e. The number of hydrogen-bond acceptors (Lipinski definition) is 2. The summed E-state index contributed by atoms with van der Waals surface area (Å²) in [5, 5.41) is 0. The Balaban J connectivity index is 2.36. The van der Waals surface area contributed by atoms with E-state index in [1.54, 1.807) is 0 Å². The van der Waals surface area contributed by atoms with E-state index in [4.69, 9.17) is 4.74 Å². The maximum Gasteiger partial charge on any atom is 0.222 e. The van der Waals surface area contributed by atoms with Crippen LogP contribution in [0.4, 0.5) is 0 Å². The molecule has 1 aliphatic heterocycles. The van der Waals surface area contributed by atoms with Crippen LogP contribution in [0.1, 0.15) is 33.6 Å². The molecule has 0 N–H and O–H groups in total. The Labute approximate surface area is 92.8 Å². The predicted octanol–water partition coefficient (Wildman–Crippen LogP) is 1.92. The molecule has 1 amide bonds. The van der Waals surface area contributed by atoms with Crippen molar-refractivity contribution in [2.24, 2.45) is 11.8 Å². The van der Waals surface area contributed by atoms with Crippen LogP contribution in [0.15, 0.2) is 0 Å². The summed E-state index contributed by atoms with van der Waals surface area (Å²) in [5.74, 6) is 1.30. The summed E-state index contributed by atoms with van der Waals surface area (Å²) in [7, 11) is 0. The molecule has 0 saturated carbocycles. The van der Waals surface area contributed by atoms with Gasteiger partial charge in [0.15, 0.2) is 0 Å². The zero-order chi connectivity index (χ0) is 11.3. The predicted molar refractivity (Wildman–Crippen MR) is 60.6 cm³/mol. The summed E-state index contributed by atoms with van der Waals surface area (Å²) in [4.78, 5) is 13.8. The van der Waals surface area contributed by atoms with Gasteiger partial charge >= 0.3 is 0 Å². The molecular formula is C12H23NO2. The summed E-state index contributed by atoms with van der Waals surface area (Å²) in [6, 6.07) is 0. The van der Waals surface area contributed by atoms with E-state index >= 15 is 0 Å². The van der Waals surface area contributed by atoms with Crippen molar-refractivity contribution in [1.82, 2.24) is 4.90 Å². The minimum absolute atomic E-state index is 0.291. The van der Waals surface area contributed by atoms with Crippen molar-refractivity contribution < 1.29 is 9.53 Å². The Kier molecular flexibility index (Phi) is 5.09. The topological polar surface area (TPSA) is 29.5 Å². The van der Waals surface area contributed by atoms with Gasteiger partial charge in [0.25, 0.3) is 0 Å². The molecule has 1 aliphatic rings. The molecular weight excluding hydrogens is 190 g/mol. The van der Waals surface area contributed by atoms with Crippen molar-refractivity contribution in [3.63, 3.8) is 0 Å². The normalized spacial score (nSPS) is 20.9. The molecule has 1 saturated heterocycles. The van der Waals surface area contributed by atoms with E-state index in [1.165, 1.54) is 0 Å². The fraction of sp³-hybridized carbons (Fsp3) is 0.917. The fourth-order valence-electron chi connectivity index (χ4n) is 1.92. The van der Waals surface area contributed by atoms with E-state index in [0.717, 1.165) is 32.7 Å². The third kappa shape index (κ3) is 4.20. The minimum atomic E-state index is 0.291. The van der Waals surface area contributed by atoms with Crippen LogP contribution in [0.5, 0.6) is 0 Å². The monoisotopic (exact) mass is 213 g/mol. The van der Waals surface area contributed by atoms with Crippen LogP contribution in [0.25, 0.3) is 0 Å². The van der Waals surface area contributed by atoms with Gasteiger partial charge in [-0.25, -0.2) is 0 Å². The summed E-state index contributed by atoms with van der Waals surface area (Å²) < 4.78 is 5.33. The van der Waals surface area contributed by atoms with Gasteiger partial charge in [-0.3, -0.25) is 4.79 Å². The number of carbonyl (C=O) groups is 1. The third-order valence-corrected chi connectivity index (χ3v) is 2.82. The molecule has 0 aliphatic carbocycles. The van der Waals surface area contributed by atoms with Gasteiger partial charge in [0.1, 0.15) is 0 Å². The fourth-order valence-corrected chi connectivity index (χ4v) is 1.92. The molecule has 1 rings (SSSR count). The van der Waals surface area contributed by atoms with E-state index in [1.807, 2.05) is 11.8 Å². The molecule has 15 heavy (non-hydrogen) atoms. The maximum atomic E-state index is 11.9. The quantitative estimate of drug-likeness (QED) is 0.698. The Bertz CT molecular complexity index is 198. The Morgan fingerprint density at radius 1 is 1.53 bits per heavy atom. The molecule has 3 heteroatoms. The molecule has 88 valence electrons. The Morgan fingerprint density at radius 2 is 2.27 bits per heavy atom. The lowest BCUT2D eigenvalue weighted by molar-refractivity contribution is -0.132. The second kappa shape index (κ2) is 6.11. The molecule has 0 aromatic carbocycles. The minimum Gasteiger partial charge on any atom is -0.381 e. The summed E-state index contributed by atoms with van der Waals surface area (Å²) in [6.07, 6.45) is 1.77. The molecule has 1 heterocycles. The number of ether oxygens (including phenoxy) is 1. The van der Waals surface area contributed by atoms with Crippen molar-refractivity contribution in [3.05, 3.63) is 0 Å². The van der Waals surface area contributed by atoms with Crippen molar-refractivity contribution >= 4 is 5.91 Å². The largest absolute Gasteiger partial charge is 0.381 e. The molecule has 3 nitrogen and oxygen atoms in total. The van der Waals surface area contributed by atoms with Crippen LogP contribution in [0.2, 0.25) is 0 Å². The van der Waals surface area contributed by atoms with Crippen LogP contribution in [0, 0.1) is 11.8 Å². The summed E-state index contributed by atoms with van der Waals surface area (Å²) in [6.45, 7) is 9.61.